The molecule has 1 fully saturated rings. The van der Waals surface area contributed by atoms with Gasteiger partial charge in [0.05, 0.1) is 6.61 Å². The molecule has 1 aliphatic heterocycles. The van der Waals surface area contributed by atoms with Crippen LogP contribution in [0.5, 0.6) is 0 Å². The van der Waals surface area contributed by atoms with Gasteiger partial charge >= 0.3 is 0 Å². The van der Waals surface area contributed by atoms with Gasteiger partial charge < -0.3 is 10.5 Å². The summed E-state index contributed by atoms with van der Waals surface area (Å²) in [7, 11) is 0. The molecule has 1 rings (SSSR count). The van der Waals surface area contributed by atoms with Crippen molar-refractivity contribution in [2.75, 3.05) is 32.8 Å². The van der Waals surface area contributed by atoms with Crippen LogP contribution < -0.4 is 5.73 Å². The van der Waals surface area contributed by atoms with E-state index in [0.29, 0.717) is 6.04 Å². The third-order valence-corrected chi connectivity index (χ3v) is 2.67. The molecule has 0 aromatic carbocycles. The fraction of sp³-hybridized carbons (Fsp3) is 1.00. The van der Waals surface area contributed by atoms with Crippen LogP contribution in [0.2, 0.25) is 0 Å². The fourth-order valence-corrected chi connectivity index (χ4v) is 2.00. The quantitative estimate of drug-likeness (QED) is 0.697. The van der Waals surface area contributed by atoms with Crippen LogP contribution in [0, 0.1) is 5.92 Å². The predicted octanol–water partition coefficient (Wildman–Crippen LogP) is 1.08. The monoisotopic (exact) mass is 200 g/mol. The molecule has 1 saturated heterocycles. The number of ether oxygens (including phenoxy) is 1. The summed E-state index contributed by atoms with van der Waals surface area (Å²) in [6.07, 6.45) is 2.29. The summed E-state index contributed by atoms with van der Waals surface area (Å²) in [6, 6.07) is 0.643. The van der Waals surface area contributed by atoms with Gasteiger partial charge in [-0.1, -0.05) is 13.8 Å². The Morgan fingerprint density at radius 3 is 2.79 bits per heavy atom. The lowest BCUT2D eigenvalue weighted by Gasteiger charge is -2.29. The Balaban J connectivity index is 2.34. The highest BCUT2D eigenvalue weighted by Gasteiger charge is 2.22. The third-order valence-electron chi connectivity index (χ3n) is 2.67. The first-order valence-electron chi connectivity index (χ1n) is 5.76. The molecule has 0 spiro atoms. The average Bonchev–Trinajstić information content (AvgIpc) is 2.64. The molecule has 3 nitrogen and oxygen atoms in total. The van der Waals surface area contributed by atoms with Crippen molar-refractivity contribution in [3.05, 3.63) is 0 Å². The second-order valence-corrected chi connectivity index (χ2v) is 4.55. The fourth-order valence-electron chi connectivity index (χ4n) is 2.00. The van der Waals surface area contributed by atoms with Crippen molar-refractivity contribution in [1.29, 1.82) is 0 Å². The molecular weight excluding hydrogens is 176 g/mol. The maximum absolute atomic E-state index is 5.55. The van der Waals surface area contributed by atoms with Crippen LogP contribution in [0.4, 0.5) is 0 Å². The SMILES string of the molecule is CC(C)CN(CCCN)C1CCOC1. The van der Waals surface area contributed by atoms with Gasteiger partial charge in [-0.3, -0.25) is 4.90 Å². The number of nitrogens with zero attached hydrogens (tertiary/aromatic N) is 1. The van der Waals surface area contributed by atoms with Crippen molar-refractivity contribution in [2.24, 2.45) is 11.7 Å². The van der Waals surface area contributed by atoms with Gasteiger partial charge in [0, 0.05) is 19.2 Å². The summed E-state index contributed by atoms with van der Waals surface area (Å²) in [5, 5.41) is 0. The standard InChI is InChI=1S/C11H24N2O/c1-10(2)8-13(6-3-5-12)11-4-7-14-9-11/h10-11H,3-9,12H2,1-2H3. The van der Waals surface area contributed by atoms with Gasteiger partial charge in [0.25, 0.3) is 0 Å². The van der Waals surface area contributed by atoms with Gasteiger partial charge in [-0.15, -0.1) is 0 Å². The Bertz CT molecular complexity index is 144. The Hall–Kier alpha value is -0.120. The molecule has 0 amide bonds. The molecule has 2 N–H and O–H groups in total. The Kier molecular flexibility index (Phi) is 5.45. The van der Waals surface area contributed by atoms with E-state index in [1.807, 2.05) is 0 Å². The first kappa shape index (κ1) is 12.0. The van der Waals surface area contributed by atoms with Crippen LogP contribution in [-0.2, 0) is 4.74 Å². The van der Waals surface area contributed by atoms with E-state index in [-0.39, 0.29) is 0 Å². The minimum atomic E-state index is 0.643. The minimum absolute atomic E-state index is 0.643. The van der Waals surface area contributed by atoms with Gasteiger partial charge in [-0.05, 0) is 31.8 Å². The van der Waals surface area contributed by atoms with E-state index in [9.17, 15) is 0 Å². The molecule has 1 aliphatic rings. The van der Waals surface area contributed by atoms with E-state index in [4.69, 9.17) is 10.5 Å². The van der Waals surface area contributed by atoms with Crippen molar-refractivity contribution in [1.82, 2.24) is 4.90 Å². The molecule has 84 valence electrons. The summed E-state index contributed by atoms with van der Waals surface area (Å²) >= 11 is 0. The highest BCUT2D eigenvalue weighted by Crippen LogP contribution is 2.14. The molecule has 1 heterocycles. The van der Waals surface area contributed by atoms with Crippen LogP contribution in [0.1, 0.15) is 26.7 Å². The Labute approximate surface area is 87.6 Å². The van der Waals surface area contributed by atoms with Gasteiger partial charge in [0.1, 0.15) is 0 Å². The van der Waals surface area contributed by atoms with Gasteiger partial charge in [-0.2, -0.15) is 0 Å². The molecule has 1 unspecified atom stereocenters. The first-order valence-corrected chi connectivity index (χ1v) is 5.76. The van der Waals surface area contributed by atoms with E-state index < -0.39 is 0 Å². The summed E-state index contributed by atoms with van der Waals surface area (Å²) < 4.78 is 5.43. The van der Waals surface area contributed by atoms with Crippen LogP contribution in [0.15, 0.2) is 0 Å². The molecule has 0 aromatic heterocycles. The highest BCUT2D eigenvalue weighted by atomic mass is 16.5. The third kappa shape index (κ3) is 3.95. The minimum Gasteiger partial charge on any atom is -0.380 e. The number of hydrogen-bond donors (Lipinski definition) is 1. The predicted molar refractivity (Wildman–Crippen MR) is 59.3 cm³/mol. The molecule has 0 saturated carbocycles. The second kappa shape index (κ2) is 6.38. The molecule has 0 aliphatic carbocycles. The van der Waals surface area contributed by atoms with Gasteiger partial charge in [-0.25, -0.2) is 0 Å². The van der Waals surface area contributed by atoms with E-state index in [1.165, 1.54) is 13.0 Å². The van der Waals surface area contributed by atoms with Crippen LogP contribution in [0.25, 0.3) is 0 Å². The van der Waals surface area contributed by atoms with Crippen LogP contribution in [0.3, 0.4) is 0 Å². The summed E-state index contributed by atoms with van der Waals surface area (Å²) in [4.78, 5) is 2.55. The zero-order valence-electron chi connectivity index (χ0n) is 9.54. The topological polar surface area (TPSA) is 38.5 Å². The largest absolute Gasteiger partial charge is 0.380 e. The summed E-state index contributed by atoms with van der Waals surface area (Å²) in [6.45, 7) is 9.48. The second-order valence-electron chi connectivity index (χ2n) is 4.55. The molecule has 3 heteroatoms. The number of hydrogen-bond acceptors (Lipinski definition) is 3. The van der Waals surface area contributed by atoms with Gasteiger partial charge in [0.2, 0.25) is 0 Å². The number of nitrogens with two attached hydrogens (primary N) is 1. The van der Waals surface area contributed by atoms with E-state index in [0.717, 1.165) is 38.6 Å². The van der Waals surface area contributed by atoms with Crippen molar-refractivity contribution in [2.45, 2.75) is 32.7 Å². The maximum Gasteiger partial charge on any atom is 0.0622 e. The zero-order chi connectivity index (χ0) is 10.4. The Morgan fingerprint density at radius 1 is 1.50 bits per heavy atom. The van der Waals surface area contributed by atoms with Crippen molar-refractivity contribution >= 4 is 0 Å². The Morgan fingerprint density at radius 2 is 2.29 bits per heavy atom. The molecule has 0 aromatic rings. The van der Waals surface area contributed by atoms with Crippen LogP contribution in [-0.4, -0.2) is 43.8 Å². The molecule has 0 bridgehead atoms. The lowest BCUT2D eigenvalue weighted by Crippen LogP contribution is -2.39. The summed E-state index contributed by atoms with van der Waals surface area (Å²) in [5.41, 5.74) is 5.55. The maximum atomic E-state index is 5.55. The normalized spacial score (nSPS) is 22.5. The molecule has 1 atom stereocenters. The lowest BCUT2D eigenvalue weighted by atomic mass is 10.1. The smallest absolute Gasteiger partial charge is 0.0622 e. The van der Waals surface area contributed by atoms with Gasteiger partial charge in [0.15, 0.2) is 0 Å². The molecule has 14 heavy (non-hydrogen) atoms. The highest BCUT2D eigenvalue weighted by molar-refractivity contribution is 4.76. The van der Waals surface area contributed by atoms with Crippen molar-refractivity contribution in [3.8, 4) is 0 Å². The average molecular weight is 200 g/mol. The number of rotatable bonds is 6. The molecule has 0 radical (unpaired) electrons. The first-order chi connectivity index (χ1) is 6.74. The van der Waals surface area contributed by atoms with E-state index in [2.05, 4.69) is 18.7 Å². The lowest BCUT2D eigenvalue weighted by molar-refractivity contribution is 0.133. The van der Waals surface area contributed by atoms with E-state index >= 15 is 0 Å². The summed E-state index contributed by atoms with van der Waals surface area (Å²) in [5.74, 6) is 0.730. The van der Waals surface area contributed by atoms with Crippen LogP contribution >= 0.6 is 0 Å². The zero-order valence-corrected chi connectivity index (χ0v) is 9.54. The van der Waals surface area contributed by atoms with Crippen molar-refractivity contribution in [3.63, 3.8) is 0 Å². The van der Waals surface area contributed by atoms with E-state index in [1.54, 1.807) is 0 Å². The van der Waals surface area contributed by atoms with Crippen molar-refractivity contribution < 1.29 is 4.74 Å². The molecular formula is C11H24N2O.